The van der Waals surface area contributed by atoms with Crippen LogP contribution >= 0.6 is 0 Å². The Morgan fingerprint density at radius 1 is 0.833 bits per heavy atom. The number of fused-ring (bicyclic) bond motifs is 2. The van der Waals surface area contributed by atoms with E-state index in [0.717, 1.165) is 25.3 Å². The lowest BCUT2D eigenvalue weighted by Gasteiger charge is -1.94. The first-order valence-electron chi connectivity index (χ1n) is 6.46. The fourth-order valence-corrected chi connectivity index (χ4v) is 2.36. The molecule has 2 aliphatic heterocycles. The van der Waals surface area contributed by atoms with Gasteiger partial charge in [-0.05, 0) is 29.7 Å². The zero-order valence-electron chi connectivity index (χ0n) is 10.4. The van der Waals surface area contributed by atoms with Crippen LogP contribution in [0.2, 0.25) is 0 Å². The molecule has 1 N–H and O–H groups in total. The van der Waals surface area contributed by atoms with Crippen molar-refractivity contribution in [1.29, 1.82) is 0 Å². The lowest BCUT2D eigenvalue weighted by atomic mass is 10.2. The number of ether oxygens (including phenoxy) is 1. The second-order valence-electron chi connectivity index (χ2n) is 4.54. The van der Waals surface area contributed by atoms with Crippen molar-refractivity contribution in [2.24, 2.45) is 0 Å². The highest BCUT2D eigenvalue weighted by Crippen LogP contribution is 2.23. The van der Waals surface area contributed by atoms with Crippen molar-refractivity contribution >= 4 is 5.69 Å². The molecule has 2 aliphatic rings. The molecule has 0 bridgehead atoms. The van der Waals surface area contributed by atoms with Gasteiger partial charge in [0.05, 0.1) is 6.61 Å². The molecule has 2 nitrogen and oxygen atoms in total. The van der Waals surface area contributed by atoms with Crippen molar-refractivity contribution in [1.82, 2.24) is 0 Å². The van der Waals surface area contributed by atoms with Crippen LogP contribution < -0.4 is 10.1 Å². The molecule has 0 fully saturated rings. The molecule has 2 aromatic rings. The quantitative estimate of drug-likeness (QED) is 0.761. The number of benzene rings is 2. The van der Waals surface area contributed by atoms with Gasteiger partial charge in [-0.15, -0.1) is 0 Å². The summed E-state index contributed by atoms with van der Waals surface area (Å²) in [5.74, 6) is 1.07. The maximum Gasteiger partial charge on any atom is 0.122 e. The van der Waals surface area contributed by atoms with Crippen LogP contribution in [0.5, 0.6) is 5.75 Å². The highest BCUT2D eigenvalue weighted by molar-refractivity contribution is 5.54. The molecule has 0 saturated carbocycles. The zero-order chi connectivity index (χ0) is 12.2. The first-order chi connectivity index (χ1) is 8.93. The van der Waals surface area contributed by atoms with Crippen LogP contribution in [0.1, 0.15) is 11.1 Å². The Kier molecular flexibility index (Phi) is 3.18. The zero-order valence-corrected chi connectivity index (χ0v) is 10.4. The summed E-state index contributed by atoms with van der Waals surface area (Å²) in [7, 11) is 0. The molecular formula is C16H17NO. The second kappa shape index (κ2) is 5.13. The number of para-hydroxylation sites is 2. The monoisotopic (exact) mass is 239 g/mol. The number of rotatable bonds is 0. The minimum atomic E-state index is 0.860. The van der Waals surface area contributed by atoms with Gasteiger partial charge in [0.2, 0.25) is 0 Å². The maximum absolute atomic E-state index is 5.30. The number of hydrogen-bond acceptors (Lipinski definition) is 2. The number of anilines is 1. The van der Waals surface area contributed by atoms with Crippen molar-refractivity contribution in [3.8, 4) is 5.75 Å². The van der Waals surface area contributed by atoms with Crippen molar-refractivity contribution in [2.75, 3.05) is 18.5 Å². The molecule has 2 heteroatoms. The first kappa shape index (κ1) is 11.1. The molecule has 0 aliphatic carbocycles. The average molecular weight is 239 g/mol. The third-order valence-corrected chi connectivity index (χ3v) is 3.33. The Bertz CT molecular complexity index is 441. The summed E-state index contributed by atoms with van der Waals surface area (Å²) >= 11 is 0. The van der Waals surface area contributed by atoms with E-state index < -0.39 is 0 Å². The van der Waals surface area contributed by atoms with Gasteiger partial charge in [0.1, 0.15) is 5.75 Å². The molecule has 0 radical (unpaired) electrons. The maximum atomic E-state index is 5.30. The van der Waals surface area contributed by atoms with E-state index in [-0.39, 0.29) is 0 Å². The molecule has 4 rings (SSSR count). The molecule has 0 aromatic heterocycles. The van der Waals surface area contributed by atoms with Crippen molar-refractivity contribution in [2.45, 2.75) is 12.8 Å². The third kappa shape index (κ3) is 2.33. The summed E-state index contributed by atoms with van der Waals surface area (Å²) in [5.41, 5.74) is 4.12. The fourth-order valence-electron chi connectivity index (χ4n) is 2.36. The largest absolute Gasteiger partial charge is 0.493 e. The van der Waals surface area contributed by atoms with E-state index in [4.69, 9.17) is 4.74 Å². The van der Waals surface area contributed by atoms with Gasteiger partial charge in [-0.25, -0.2) is 0 Å². The van der Waals surface area contributed by atoms with Gasteiger partial charge in [-0.3, -0.25) is 0 Å². The van der Waals surface area contributed by atoms with Crippen LogP contribution in [0.25, 0.3) is 0 Å². The van der Waals surface area contributed by atoms with Crippen LogP contribution in [0.4, 0.5) is 5.69 Å². The van der Waals surface area contributed by atoms with Crippen LogP contribution in [0.15, 0.2) is 48.5 Å². The molecule has 0 saturated heterocycles. The number of nitrogens with one attached hydrogen (secondary N) is 1. The Labute approximate surface area is 108 Å². The molecule has 0 amide bonds. The van der Waals surface area contributed by atoms with E-state index in [0.29, 0.717) is 0 Å². The van der Waals surface area contributed by atoms with Crippen LogP contribution in [-0.4, -0.2) is 13.2 Å². The van der Waals surface area contributed by atoms with Crippen LogP contribution in [0.3, 0.4) is 0 Å². The molecule has 2 aromatic carbocycles. The molecule has 0 atom stereocenters. The topological polar surface area (TPSA) is 21.3 Å². The molecule has 0 spiro atoms. The first-order valence-corrected chi connectivity index (χ1v) is 6.46. The Morgan fingerprint density at radius 3 is 2.44 bits per heavy atom. The fraction of sp³-hybridized carbons (Fsp3) is 0.250. The predicted octanol–water partition coefficient (Wildman–Crippen LogP) is 3.28. The Morgan fingerprint density at radius 2 is 1.61 bits per heavy atom. The van der Waals surface area contributed by atoms with Crippen LogP contribution in [0, 0.1) is 0 Å². The summed E-state index contributed by atoms with van der Waals surface area (Å²) in [4.78, 5) is 0. The highest BCUT2D eigenvalue weighted by Gasteiger charge is 2.08. The van der Waals surface area contributed by atoms with E-state index in [1.807, 2.05) is 18.2 Å². The molecule has 2 heterocycles. The summed E-state index contributed by atoms with van der Waals surface area (Å²) in [6.45, 7) is 1.97. The van der Waals surface area contributed by atoms with Gasteiger partial charge in [0.25, 0.3) is 0 Å². The standard InChI is InChI=1S/C8H9N.C8H8O/c2*1-2-4-8-7(3-1)5-6-9-8/h1-4,9H,5-6H2;1-4H,5-6H2. The van der Waals surface area contributed by atoms with Gasteiger partial charge >= 0.3 is 0 Å². The molecular weight excluding hydrogens is 222 g/mol. The lowest BCUT2D eigenvalue weighted by Crippen LogP contribution is -1.90. The van der Waals surface area contributed by atoms with Crippen molar-refractivity contribution in [3.05, 3.63) is 59.7 Å². The van der Waals surface area contributed by atoms with Gasteiger partial charge in [0, 0.05) is 18.7 Å². The lowest BCUT2D eigenvalue weighted by molar-refractivity contribution is 0.357. The summed E-state index contributed by atoms with van der Waals surface area (Å²) in [6.07, 6.45) is 2.27. The molecule has 0 unspecified atom stereocenters. The van der Waals surface area contributed by atoms with E-state index in [9.17, 15) is 0 Å². The third-order valence-electron chi connectivity index (χ3n) is 3.33. The Balaban J connectivity index is 0.000000111. The second-order valence-corrected chi connectivity index (χ2v) is 4.54. The van der Waals surface area contributed by atoms with Crippen LogP contribution in [-0.2, 0) is 12.8 Å². The van der Waals surface area contributed by atoms with E-state index in [1.54, 1.807) is 0 Å². The minimum absolute atomic E-state index is 0.860. The smallest absolute Gasteiger partial charge is 0.122 e. The summed E-state index contributed by atoms with van der Waals surface area (Å²) < 4.78 is 5.30. The summed E-state index contributed by atoms with van der Waals surface area (Å²) in [5, 5.41) is 3.30. The minimum Gasteiger partial charge on any atom is -0.493 e. The van der Waals surface area contributed by atoms with E-state index >= 15 is 0 Å². The normalized spacial score (nSPS) is 14.7. The van der Waals surface area contributed by atoms with Crippen molar-refractivity contribution in [3.63, 3.8) is 0 Å². The van der Waals surface area contributed by atoms with Gasteiger partial charge in [-0.1, -0.05) is 36.4 Å². The molecule has 92 valence electrons. The van der Waals surface area contributed by atoms with Gasteiger partial charge in [-0.2, -0.15) is 0 Å². The predicted molar refractivity (Wildman–Crippen MR) is 74.3 cm³/mol. The van der Waals surface area contributed by atoms with Crippen molar-refractivity contribution < 1.29 is 4.74 Å². The SMILES string of the molecule is c1ccc2c(c1)CCN2.c1ccc2c(c1)CCO2. The van der Waals surface area contributed by atoms with E-state index in [2.05, 4.69) is 35.6 Å². The van der Waals surface area contributed by atoms with Gasteiger partial charge < -0.3 is 10.1 Å². The van der Waals surface area contributed by atoms with E-state index in [1.165, 1.54) is 23.2 Å². The highest BCUT2D eigenvalue weighted by atomic mass is 16.5. The summed E-state index contributed by atoms with van der Waals surface area (Å²) in [6, 6.07) is 16.6. The number of hydrogen-bond donors (Lipinski definition) is 1. The Hall–Kier alpha value is -1.96. The molecule has 18 heavy (non-hydrogen) atoms. The average Bonchev–Trinajstić information content (AvgIpc) is 3.08. The van der Waals surface area contributed by atoms with Gasteiger partial charge in [0.15, 0.2) is 0 Å².